The molecule has 3 heteroatoms. The molecule has 4 aliphatic carbocycles. The SMILES string of the molecule is CCC1(OC(=O)C(C)(CC(CC(C)(C)C)c2ccc(O)cc2)C(C)(C)C)C2CC3CC(C2)CC1C3. The van der Waals surface area contributed by atoms with Gasteiger partial charge in [0.2, 0.25) is 0 Å². The van der Waals surface area contributed by atoms with Crippen LogP contribution in [0.4, 0.5) is 0 Å². The Morgan fingerprint density at radius 3 is 1.86 bits per heavy atom. The van der Waals surface area contributed by atoms with E-state index in [1.54, 1.807) is 12.1 Å². The lowest BCUT2D eigenvalue weighted by molar-refractivity contribution is -0.224. The largest absolute Gasteiger partial charge is 0.508 e. The van der Waals surface area contributed by atoms with Gasteiger partial charge in [-0.15, -0.1) is 0 Å². The Bertz CT molecular complexity index is 872. The van der Waals surface area contributed by atoms with E-state index < -0.39 is 5.41 Å². The van der Waals surface area contributed by atoms with Crippen LogP contribution in [0.25, 0.3) is 0 Å². The number of phenolic OH excluding ortho intramolecular Hbond substituents is 1. The summed E-state index contributed by atoms with van der Waals surface area (Å²) in [5, 5.41) is 9.89. The molecule has 4 bridgehead atoms. The van der Waals surface area contributed by atoms with E-state index in [0.717, 1.165) is 31.1 Å². The van der Waals surface area contributed by atoms with Crippen molar-refractivity contribution < 1.29 is 14.6 Å². The van der Waals surface area contributed by atoms with Crippen LogP contribution in [0.3, 0.4) is 0 Å². The van der Waals surface area contributed by atoms with Gasteiger partial charge in [0.1, 0.15) is 11.4 Å². The zero-order valence-electron chi connectivity index (χ0n) is 23.6. The topological polar surface area (TPSA) is 46.5 Å². The lowest BCUT2D eigenvalue weighted by Gasteiger charge is -2.61. The Labute approximate surface area is 214 Å². The van der Waals surface area contributed by atoms with Gasteiger partial charge in [-0.1, -0.05) is 60.6 Å². The highest BCUT2D eigenvalue weighted by Gasteiger charge is 2.60. The van der Waals surface area contributed by atoms with Gasteiger partial charge in [0, 0.05) is 0 Å². The third kappa shape index (κ3) is 5.03. The molecule has 1 aromatic rings. The fraction of sp³-hybridized carbons (Fsp3) is 0.781. The molecule has 2 atom stereocenters. The number of carbonyl (C=O) groups excluding carboxylic acids is 1. The number of aromatic hydroxyl groups is 1. The Hall–Kier alpha value is -1.51. The Morgan fingerprint density at radius 2 is 1.43 bits per heavy atom. The van der Waals surface area contributed by atoms with E-state index in [4.69, 9.17) is 4.74 Å². The molecule has 0 aliphatic heterocycles. The van der Waals surface area contributed by atoms with Gasteiger partial charge in [-0.05, 0) is 116 Å². The second kappa shape index (κ2) is 9.10. The summed E-state index contributed by atoms with van der Waals surface area (Å²) in [6, 6.07) is 7.62. The average Bonchev–Trinajstić information content (AvgIpc) is 2.74. The summed E-state index contributed by atoms with van der Waals surface area (Å²) in [7, 11) is 0. The number of hydrogen-bond donors (Lipinski definition) is 1. The van der Waals surface area contributed by atoms with Gasteiger partial charge in [-0.25, -0.2) is 0 Å². The minimum absolute atomic E-state index is 0.0111. The van der Waals surface area contributed by atoms with Crippen LogP contribution in [0.1, 0.15) is 118 Å². The van der Waals surface area contributed by atoms with Crippen LogP contribution in [0.15, 0.2) is 24.3 Å². The van der Waals surface area contributed by atoms with Gasteiger partial charge in [-0.2, -0.15) is 0 Å². The molecule has 2 unspecified atom stereocenters. The molecule has 196 valence electrons. The predicted molar refractivity (Wildman–Crippen MR) is 143 cm³/mol. The van der Waals surface area contributed by atoms with Crippen molar-refractivity contribution in [2.75, 3.05) is 0 Å². The third-order valence-corrected chi connectivity index (χ3v) is 10.3. The molecule has 35 heavy (non-hydrogen) atoms. The summed E-state index contributed by atoms with van der Waals surface area (Å²) >= 11 is 0. The van der Waals surface area contributed by atoms with Crippen molar-refractivity contribution in [3.8, 4) is 5.75 Å². The molecule has 4 saturated carbocycles. The first kappa shape index (κ1) is 26.6. The number of phenols is 1. The van der Waals surface area contributed by atoms with Crippen molar-refractivity contribution in [1.82, 2.24) is 0 Å². The Balaban J connectivity index is 1.65. The molecule has 0 aromatic heterocycles. The van der Waals surface area contributed by atoms with E-state index in [9.17, 15) is 9.90 Å². The lowest BCUT2D eigenvalue weighted by Crippen LogP contribution is -2.61. The number of carbonyl (C=O) groups is 1. The maximum atomic E-state index is 14.4. The minimum Gasteiger partial charge on any atom is -0.508 e. The smallest absolute Gasteiger partial charge is 0.312 e. The summed E-state index contributed by atoms with van der Waals surface area (Å²) in [6.07, 6.45) is 9.07. The van der Waals surface area contributed by atoms with E-state index >= 15 is 0 Å². The van der Waals surface area contributed by atoms with Gasteiger partial charge < -0.3 is 9.84 Å². The summed E-state index contributed by atoms with van der Waals surface area (Å²) < 4.78 is 6.86. The monoisotopic (exact) mass is 482 g/mol. The summed E-state index contributed by atoms with van der Waals surface area (Å²) in [6.45, 7) is 17.8. The van der Waals surface area contributed by atoms with E-state index in [1.165, 1.54) is 37.7 Å². The predicted octanol–water partition coefficient (Wildman–Crippen LogP) is 8.50. The lowest BCUT2D eigenvalue weighted by atomic mass is 9.49. The normalized spacial score (nSPS) is 32.8. The van der Waals surface area contributed by atoms with Crippen LogP contribution in [-0.4, -0.2) is 16.7 Å². The standard InChI is InChI=1S/C32H50O3/c1-9-32(25-15-21-14-22(17-25)18-26(32)16-21)35-28(34)31(8,30(5,6)7)20-24(19-29(2,3)4)23-10-12-27(33)13-11-23/h10-13,21-22,24-26,33H,9,14-20H2,1-8H3. The fourth-order valence-corrected chi connectivity index (χ4v) is 8.07. The van der Waals surface area contributed by atoms with Gasteiger partial charge >= 0.3 is 5.97 Å². The summed E-state index contributed by atoms with van der Waals surface area (Å²) in [4.78, 5) is 14.4. The Kier molecular flexibility index (Phi) is 6.91. The first-order valence-electron chi connectivity index (χ1n) is 14.2. The van der Waals surface area contributed by atoms with Gasteiger partial charge in [0.05, 0.1) is 5.41 Å². The second-order valence-electron chi connectivity index (χ2n) is 14.8. The quantitative estimate of drug-likeness (QED) is 0.396. The zero-order valence-corrected chi connectivity index (χ0v) is 23.6. The molecular weight excluding hydrogens is 432 g/mol. The molecule has 5 rings (SSSR count). The molecule has 1 aromatic carbocycles. The number of ether oxygens (including phenoxy) is 1. The molecule has 0 heterocycles. The van der Waals surface area contributed by atoms with Crippen LogP contribution in [0, 0.1) is 39.9 Å². The maximum absolute atomic E-state index is 14.4. The summed E-state index contributed by atoms with van der Waals surface area (Å²) in [5.41, 5.74) is 0.197. The third-order valence-electron chi connectivity index (χ3n) is 10.3. The van der Waals surface area contributed by atoms with Crippen LogP contribution in [-0.2, 0) is 9.53 Å². The highest BCUT2D eigenvalue weighted by molar-refractivity contribution is 5.78. The maximum Gasteiger partial charge on any atom is 0.312 e. The second-order valence-corrected chi connectivity index (χ2v) is 14.8. The molecule has 1 N–H and O–H groups in total. The molecule has 4 aliphatic rings. The van der Waals surface area contributed by atoms with E-state index in [-0.39, 0.29) is 34.1 Å². The molecule has 0 radical (unpaired) electrons. The molecular formula is C32H50O3. The average molecular weight is 483 g/mol. The molecule has 0 saturated heterocycles. The van der Waals surface area contributed by atoms with E-state index in [2.05, 4.69) is 55.4 Å². The number of rotatable bonds is 7. The van der Waals surface area contributed by atoms with Crippen LogP contribution < -0.4 is 0 Å². The number of hydrogen-bond acceptors (Lipinski definition) is 3. The zero-order chi connectivity index (χ0) is 25.8. The minimum atomic E-state index is -0.613. The van der Waals surface area contributed by atoms with Crippen molar-refractivity contribution in [3.05, 3.63) is 29.8 Å². The highest BCUT2D eigenvalue weighted by Crippen LogP contribution is 2.61. The molecule has 3 nitrogen and oxygen atoms in total. The van der Waals surface area contributed by atoms with Crippen molar-refractivity contribution in [2.45, 2.75) is 118 Å². The first-order chi connectivity index (χ1) is 16.2. The number of benzene rings is 1. The van der Waals surface area contributed by atoms with Crippen LogP contribution in [0.5, 0.6) is 5.75 Å². The molecule has 4 fully saturated rings. The first-order valence-corrected chi connectivity index (χ1v) is 14.2. The molecule has 0 spiro atoms. The van der Waals surface area contributed by atoms with Gasteiger partial charge in [0.15, 0.2) is 0 Å². The van der Waals surface area contributed by atoms with E-state index in [0.29, 0.717) is 11.8 Å². The van der Waals surface area contributed by atoms with Crippen molar-refractivity contribution in [2.24, 2.45) is 39.9 Å². The van der Waals surface area contributed by atoms with Crippen molar-refractivity contribution in [1.29, 1.82) is 0 Å². The van der Waals surface area contributed by atoms with Crippen molar-refractivity contribution in [3.63, 3.8) is 0 Å². The van der Waals surface area contributed by atoms with Crippen LogP contribution in [0.2, 0.25) is 0 Å². The fourth-order valence-electron chi connectivity index (χ4n) is 8.07. The highest BCUT2D eigenvalue weighted by atomic mass is 16.6. The Morgan fingerprint density at radius 1 is 0.914 bits per heavy atom. The van der Waals surface area contributed by atoms with E-state index in [1.807, 2.05) is 12.1 Å². The van der Waals surface area contributed by atoms with Crippen LogP contribution >= 0.6 is 0 Å². The number of esters is 1. The van der Waals surface area contributed by atoms with Crippen molar-refractivity contribution >= 4 is 5.97 Å². The van der Waals surface area contributed by atoms with Gasteiger partial charge in [-0.3, -0.25) is 4.79 Å². The molecule has 0 amide bonds. The summed E-state index contributed by atoms with van der Waals surface area (Å²) in [5.74, 6) is 3.30. The van der Waals surface area contributed by atoms with Gasteiger partial charge in [0.25, 0.3) is 0 Å².